The Labute approximate surface area is 236 Å². The molecule has 1 aliphatic rings. The van der Waals surface area contributed by atoms with E-state index in [9.17, 15) is 9.59 Å². The topological polar surface area (TPSA) is 68.2 Å². The molecular formula is C26H19Cl2IN2O4S. The number of hydrogen-bond donors (Lipinski definition) is 0. The number of benzene rings is 3. The van der Waals surface area contributed by atoms with Crippen LogP contribution in [0, 0.1) is 3.57 Å². The number of likely N-dealkylation sites (N-methyl/N-ethyl adjacent to an activating group) is 1. The fourth-order valence-electron chi connectivity index (χ4n) is 3.24. The molecule has 1 saturated heterocycles. The first-order chi connectivity index (χ1) is 17.2. The third kappa shape index (κ3) is 6.23. The Hall–Kier alpha value is -2.53. The average Bonchev–Trinajstić information content (AvgIpc) is 3.12. The molecule has 10 heteroatoms. The molecule has 4 rings (SSSR count). The number of thioether (sulfide) groups is 1. The maximum atomic E-state index is 12.8. The molecule has 0 spiro atoms. The van der Waals surface area contributed by atoms with E-state index in [1.54, 1.807) is 49.5 Å². The van der Waals surface area contributed by atoms with Gasteiger partial charge in [0.25, 0.3) is 5.91 Å². The van der Waals surface area contributed by atoms with Crippen LogP contribution < -0.4 is 4.74 Å². The molecule has 3 aromatic carbocycles. The normalized spacial score (nSPS) is 15.6. The number of ether oxygens (including phenoxy) is 2. The standard InChI is InChI=1S/C26H19Cl2IN2O4S/c1-31-24(32)22(36-26(31)30-19-9-5-17(6-10-19)25(33)34-2)13-16-11-20(27)23(21(28)12-16)35-14-15-3-7-18(29)8-4-15/h3-13H,14H2,1-2H3/b22-13-,30-26?. The second-order valence-corrected chi connectivity index (χ2v) is 10.7. The minimum Gasteiger partial charge on any atom is -0.486 e. The Morgan fingerprint density at radius 2 is 1.72 bits per heavy atom. The molecule has 0 aliphatic carbocycles. The fourth-order valence-corrected chi connectivity index (χ4v) is 5.20. The van der Waals surface area contributed by atoms with Crippen LogP contribution in [0.1, 0.15) is 21.5 Å². The van der Waals surface area contributed by atoms with E-state index in [0.29, 0.717) is 49.3 Å². The Morgan fingerprint density at radius 1 is 1.08 bits per heavy atom. The van der Waals surface area contributed by atoms with Crippen molar-refractivity contribution in [3.05, 3.63) is 95.9 Å². The molecule has 6 nitrogen and oxygen atoms in total. The van der Waals surface area contributed by atoms with Crippen LogP contribution in [0.3, 0.4) is 0 Å². The van der Waals surface area contributed by atoms with Gasteiger partial charge in [-0.1, -0.05) is 35.3 Å². The third-order valence-electron chi connectivity index (χ3n) is 5.13. The number of carbonyl (C=O) groups excluding carboxylic acids is 2. The van der Waals surface area contributed by atoms with Crippen LogP contribution in [0.5, 0.6) is 5.75 Å². The number of methoxy groups -OCH3 is 1. The van der Waals surface area contributed by atoms with Crippen LogP contribution in [0.2, 0.25) is 10.0 Å². The van der Waals surface area contributed by atoms with Gasteiger partial charge in [0.2, 0.25) is 0 Å². The predicted molar refractivity (Wildman–Crippen MR) is 153 cm³/mol. The summed E-state index contributed by atoms with van der Waals surface area (Å²) in [6, 6.07) is 18.0. The zero-order chi connectivity index (χ0) is 25.8. The molecule has 0 unspecified atom stereocenters. The van der Waals surface area contributed by atoms with Crippen LogP contribution >= 0.6 is 57.6 Å². The van der Waals surface area contributed by atoms with E-state index in [1.165, 1.54) is 23.8 Å². The number of aliphatic imine (C=N–C) groups is 1. The molecule has 1 heterocycles. The van der Waals surface area contributed by atoms with Crippen molar-refractivity contribution in [1.82, 2.24) is 4.90 Å². The van der Waals surface area contributed by atoms with Gasteiger partial charge in [0, 0.05) is 10.6 Å². The summed E-state index contributed by atoms with van der Waals surface area (Å²) in [6.45, 7) is 0.330. The first kappa shape index (κ1) is 26.5. The molecule has 3 aromatic rings. The second kappa shape index (κ2) is 11.7. The quantitative estimate of drug-likeness (QED) is 0.160. The molecule has 0 aromatic heterocycles. The van der Waals surface area contributed by atoms with E-state index in [2.05, 4.69) is 27.6 Å². The van der Waals surface area contributed by atoms with Crippen LogP contribution in [0.4, 0.5) is 5.69 Å². The Kier molecular flexibility index (Phi) is 8.61. The van der Waals surface area contributed by atoms with Gasteiger partial charge in [-0.15, -0.1) is 0 Å². The van der Waals surface area contributed by atoms with E-state index in [4.69, 9.17) is 32.7 Å². The number of amidine groups is 1. The van der Waals surface area contributed by atoms with Crippen molar-refractivity contribution in [2.24, 2.45) is 4.99 Å². The zero-order valence-corrected chi connectivity index (χ0v) is 23.6. The highest BCUT2D eigenvalue weighted by atomic mass is 127. The van der Waals surface area contributed by atoms with Gasteiger partial charge in [-0.2, -0.15) is 0 Å². The lowest BCUT2D eigenvalue weighted by atomic mass is 10.2. The Balaban J connectivity index is 1.51. The lowest BCUT2D eigenvalue weighted by Crippen LogP contribution is -2.23. The Bertz CT molecular complexity index is 1350. The highest BCUT2D eigenvalue weighted by Crippen LogP contribution is 2.38. The highest BCUT2D eigenvalue weighted by Gasteiger charge is 2.30. The lowest BCUT2D eigenvalue weighted by Gasteiger charge is -2.11. The molecule has 36 heavy (non-hydrogen) atoms. The highest BCUT2D eigenvalue weighted by molar-refractivity contribution is 14.1. The maximum absolute atomic E-state index is 12.8. The van der Waals surface area contributed by atoms with Gasteiger partial charge in [-0.05, 0) is 100 Å². The average molecular weight is 653 g/mol. The van der Waals surface area contributed by atoms with E-state index in [1.807, 2.05) is 24.3 Å². The first-order valence-electron chi connectivity index (χ1n) is 10.6. The molecule has 1 aliphatic heterocycles. The number of nitrogens with zero attached hydrogens (tertiary/aromatic N) is 2. The zero-order valence-electron chi connectivity index (χ0n) is 19.1. The summed E-state index contributed by atoms with van der Waals surface area (Å²) >= 11 is 16.4. The number of hydrogen-bond acceptors (Lipinski definition) is 6. The van der Waals surface area contributed by atoms with Crippen molar-refractivity contribution in [3.8, 4) is 5.75 Å². The second-order valence-electron chi connectivity index (χ2n) is 7.64. The van der Waals surface area contributed by atoms with Gasteiger partial charge >= 0.3 is 5.97 Å². The van der Waals surface area contributed by atoms with E-state index < -0.39 is 5.97 Å². The minimum absolute atomic E-state index is 0.198. The Morgan fingerprint density at radius 3 is 2.33 bits per heavy atom. The fraction of sp³-hybridized carbons (Fsp3) is 0.115. The summed E-state index contributed by atoms with van der Waals surface area (Å²) < 4.78 is 11.7. The predicted octanol–water partition coefficient (Wildman–Crippen LogP) is 7.20. The smallest absolute Gasteiger partial charge is 0.337 e. The van der Waals surface area contributed by atoms with Crippen molar-refractivity contribution in [1.29, 1.82) is 0 Å². The SMILES string of the molecule is COC(=O)c1ccc(N=C2S/C(=C\c3cc(Cl)c(OCc4ccc(I)cc4)c(Cl)c3)C(=O)N2C)cc1. The minimum atomic E-state index is -0.425. The van der Waals surface area contributed by atoms with Gasteiger partial charge in [0.05, 0.1) is 33.3 Å². The number of halogens is 3. The van der Waals surface area contributed by atoms with Crippen molar-refractivity contribution in [3.63, 3.8) is 0 Å². The van der Waals surface area contributed by atoms with E-state index in [-0.39, 0.29) is 5.91 Å². The number of carbonyl (C=O) groups is 2. The molecule has 0 bridgehead atoms. The molecule has 1 amide bonds. The van der Waals surface area contributed by atoms with Crippen LogP contribution in [0.15, 0.2) is 70.6 Å². The van der Waals surface area contributed by atoms with Crippen LogP contribution in [0.25, 0.3) is 6.08 Å². The van der Waals surface area contributed by atoms with Gasteiger partial charge in [-0.25, -0.2) is 9.79 Å². The van der Waals surface area contributed by atoms with E-state index >= 15 is 0 Å². The first-order valence-corrected chi connectivity index (χ1v) is 13.2. The third-order valence-corrected chi connectivity index (χ3v) is 7.47. The van der Waals surface area contributed by atoms with Crippen molar-refractivity contribution >= 4 is 86.4 Å². The summed E-state index contributed by atoms with van der Waals surface area (Å²) in [5.41, 5.74) is 2.69. The van der Waals surface area contributed by atoms with Crippen molar-refractivity contribution < 1.29 is 19.1 Å². The summed E-state index contributed by atoms with van der Waals surface area (Å²) in [5.74, 6) is -0.235. The maximum Gasteiger partial charge on any atom is 0.337 e. The lowest BCUT2D eigenvalue weighted by molar-refractivity contribution is -0.121. The molecule has 0 saturated carbocycles. The molecule has 0 radical (unpaired) electrons. The number of rotatable bonds is 6. The summed E-state index contributed by atoms with van der Waals surface area (Å²) in [5, 5.41) is 1.21. The summed E-state index contributed by atoms with van der Waals surface area (Å²) in [6.07, 6.45) is 1.72. The van der Waals surface area contributed by atoms with E-state index in [0.717, 1.165) is 9.13 Å². The van der Waals surface area contributed by atoms with Gasteiger partial charge < -0.3 is 9.47 Å². The largest absolute Gasteiger partial charge is 0.486 e. The van der Waals surface area contributed by atoms with Gasteiger partial charge in [0.15, 0.2) is 10.9 Å². The number of esters is 1. The number of amides is 1. The van der Waals surface area contributed by atoms with Crippen LogP contribution in [-0.2, 0) is 16.1 Å². The monoisotopic (exact) mass is 652 g/mol. The molecule has 0 N–H and O–H groups in total. The molecular weight excluding hydrogens is 634 g/mol. The van der Waals surface area contributed by atoms with Gasteiger partial charge in [-0.3, -0.25) is 9.69 Å². The summed E-state index contributed by atoms with van der Waals surface area (Å²) in [4.78, 5) is 30.9. The molecule has 184 valence electrons. The van der Waals surface area contributed by atoms with Gasteiger partial charge in [0.1, 0.15) is 6.61 Å². The molecule has 0 atom stereocenters. The molecule has 1 fully saturated rings. The summed E-state index contributed by atoms with van der Waals surface area (Å²) in [7, 11) is 2.98. The van der Waals surface area contributed by atoms with Crippen LogP contribution in [-0.4, -0.2) is 36.1 Å². The van der Waals surface area contributed by atoms with Crippen molar-refractivity contribution in [2.45, 2.75) is 6.61 Å². The van der Waals surface area contributed by atoms with Crippen molar-refractivity contribution in [2.75, 3.05) is 14.2 Å².